The summed E-state index contributed by atoms with van der Waals surface area (Å²) >= 11 is 0. The molecule has 19 heavy (non-hydrogen) atoms. The third-order valence-corrected chi connectivity index (χ3v) is 4.52. The zero-order valence-corrected chi connectivity index (χ0v) is 11.4. The highest BCUT2D eigenvalue weighted by molar-refractivity contribution is 5.79. The van der Waals surface area contributed by atoms with Crippen LogP contribution in [0.5, 0.6) is 0 Å². The predicted molar refractivity (Wildman–Crippen MR) is 73.3 cm³/mol. The van der Waals surface area contributed by atoms with Crippen LogP contribution in [0.25, 0.3) is 0 Å². The number of rotatable bonds is 3. The van der Waals surface area contributed by atoms with Gasteiger partial charge in [0.2, 0.25) is 5.91 Å². The number of pyridine rings is 1. The van der Waals surface area contributed by atoms with Gasteiger partial charge < -0.3 is 10.2 Å². The van der Waals surface area contributed by atoms with Crippen molar-refractivity contribution in [2.24, 2.45) is 17.8 Å². The molecule has 1 aromatic rings. The van der Waals surface area contributed by atoms with Gasteiger partial charge in [0.25, 0.3) is 0 Å². The lowest BCUT2D eigenvalue weighted by atomic mass is 9.85. The van der Waals surface area contributed by atoms with Crippen molar-refractivity contribution >= 4 is 5.91 Å². The fourth-order valence-corrected chi connectivity index (χ4v) is 3.55. The second-order valence-corrected chi connectivity index (χ2v) is 5.80. The molecule has 0 unspecified atom stereocenters. The summed E-state index contributed by atoms with van der Waals surface area (Å²) in [7, 11) is 1.90. The van der Waals surface area contributed by atoms with Crippen LogP contribution in [0, 0.1) is 17.8 Å². The molecule has 4 heteroatoms. The molecular weight excluding hydrogens is 238 g/mol. The Morgan fingerprint density at radius 2 is 2.11 bits per heavy atom. The zero-order valence-electron chi connectivity index (χ0n) is 11.4. The Bertz CT molecular complexity index is 432. The van der Waals surface area contributed by atoms with Crippen molar-refractivity contribution in [2.75, 3.05) is 20.1 Å². The molecule has 2 heterocycles. The highest BCUT2D eigenvalue weighted by Crippen LogP contribution is 2.40. The monoisotopic (exact) mass is 259 g/mol. The third kappa shape index (κ3) is 2.50. The standard InChI is InChI=1S/C15H21N3O/c1-18(10-13-4-2-3-7-17-13)15(19)14-11-5-6-12(14)9-16-8-11/h2-4,7,11-12,14,16H,5-6,8-10H2,1H3/t11-,12-/m0/s1. The number of fused-ring (bicyclic) bond motifs is 2. The van der Waals surface area contributed by atoms with Gasteiger partial charge in [0.15, 0.2) is 0 Å². The van der Waals surface area contributed by atoms with E-state index in [1.165, 1.54) is 12.8 Å². The largest absolute Gasteiger partial charge is 0.340 e. The number of aromatic nitrogens is 1. The van der Waals surface area contributed by atoms with Crippen molar-refractivity contribution < 1.29 is 4.79 Å². The van der Waals surface area contributed by atoms with Crippen LogP contribution in [-0.4, -0.2) is 35.9 Å². The van der Waals surface area contributed by atoms with Crippen LogP contribution in [0.4, 0.5) is 0 Å². The minimum atomic E-state index is 0.231. The molecule has 1 saturated heterocycles. The summed E-state index contributed by atoms with van der Waals surface area (Å²) < 4.78 is 0. The van der Waals surface area contributed by atoms with Crippen LogP contribution in [0.2, 0.25) is 0 Å². The van der Waals surface area contributed by atoms with Gasteiger partial charge in [-0.05, 0) is 49.9 Å². The van der Waals surface area contributed by atoms with E-state index in [0.29, 0.717) is 24.3 Å². The third-order valence-electron chi connectivity index (χ3n) is 4.52. The molecule has 2 bridgehead atoms. The van der Waals surface area contributed by atoms with Gasteiger partial charge in [0.05, 0.1) is 12.2 Å². The van der Waals surface area contributed by atoms with Gasteiger partial charge in [0, 0.05) is 19.2 Å². The number of hydrogen-bond acceptors (Lipinski definition) is 3. The molecule has 3 rings (SSSR count). The molecule has 2 atom stereocenters. The Morgan fingerprint density at radius 1 is 1.37 bits per heavy atom. The van der Waals surface area contributed by atoms with E-state index < -0.39 is 0 Å². The van der Waals surface area contributed by atoms with Crippen LogP contribution in [0.1, 0.15) is 18.5 Å². The molecule has 1 N–H and O–H groups in total. The second kappa shape index (κ2) is 5.29. The van der Waals surface area contributed by atoms with E-state index in [2.05, 4.69) is 10.3 Å². The summed E-state index contributed by atoms with van der Waals surface area (Å²) in [6.45, 7) is 2.62. The van der Waals surface area contributed by atoms with Gasteiger partial charge in [-0.3, -0.25) is 9.78 Å². The number of carbonyl (C=O) groups excluding carboxylic acids is 1. The summed E-state index contributed by atoms with van der Waals surface area (Å²) in [5.74, 6) is 1.62. The molecule has 4 nitrogen and oxygen atoms in total. The van der Waals surface area contributed by atoms with Crippen molar-refractivity contribution in [1.29, 1.82) is 0 Å². The Hall–Kier alpha value is -1.42. The average Bonchev–Trinajstić information content (AvgIpc) is 2.68. The first-order chi connectivity index (χ1) is 9.25. The second-order valence-electron chi connectivity index (χ2n) is 5.80. The molecule has 1 aliphatic heterocycles. The fraction of sp³-hybridized carbons (Fsp3) is 0.600. The molecular formula is C15H21N3O. The number of piperidine rings is 1. The van der Waals surface area contributed by atoms with E-state index in [1.54, 1.807) is 6.20 Å². The molecule has 2 fully saturated rings. The SMILES string of the molecule is CN(Cc1ccccn1)C(=O)C1[C@H]2CC[C@H]1CNC2. The average molecular weight is 259 g/mol. The summed E-state index contributed by atoms with van der Waals surface area (Å²) in [5, 5.41) is 3.44. The molecule has 1 saturated carbocycles. The molecule has 2 aliphatic rings. The maximum Gasteiger partial charge on any atom is 0.226 e. The van der Waals surface area contributed by atoms with Crippen molar-refractivity contribution in [3.05, 3.63) is 30.1 Å². The van der Waals surface area contributed by atoms with Gasteiger partial charge in [-0.15, -0.1) is 0 Å². The Kier molecular flexibility index (Phi) is 3.51. The predicted octanol–water partition coefficient (Wildman–Crippen LogP) is 1.29. The minimum absolute atomic E-state index is 0.231. The maximum atomic E-state index is 12.6. The number of carbonyl (C=O) groups is 1. The van der Waals surface area contributed by atoms with Crippen LogP contribution >= 0.6 is 0 Å². The fourth-order valence-electron chi connectivity index (χ4n) is 3.55. The summed E-state index contributed by atoms with van der Waals surface area (Å²) in [6, 6.07) is 5.84. The van der Waals surface area contributed by atoms with E-state index in [0.717, 1.165) is 18.8 Å². The van der Waals surface area contributed by atoms with Crippen LogP contribution in [0.3, 0.4) is 0 Å². The number of nitrogens with one attached hydrogen (secondary N) is 1. The first-order valence-electron chi connectivity index (χ1n) is 7.11. The van der Waals surface area contributed by atoms with Crippen LogP contribution in [-0.2, 0) is 11.3 Å². The van der Waals surface area contributed by atoms with E-state index in [-0.39, 0.29) is 5.92 Å². The van der Waals surface area contributed by atoms with Crippen molar-refractivity contribution in [3.63, 3.8) is 0 Å². The minimum Gasteiger partial charge on any atom is -0.340 e. The lowest BCUT2D eigenvalue weighted by molar-refractivity contribution is -0.138. The molecule has 102 valence electrons. The first-order valence-corrected chi connectivity index (χ1v) is 7.11. The molecule has 0 aromatic carbocycles. The lowest BCUT2D eigenvalue weighted by Gasteiger charge is -2.32. The number of amides is 1. The van der Waals surface area contributed by atoms with Crippen LogP contribution in [0.15, 0.2) is 24.4 Å². The van der Waals surface area contributed by atoms with Gasteiger partial charge in [0.1, 0.15) is 0 Å². The van der Waals surface area contributed by atoms with Crippen molar-refractivity contribution in [2.45, 2.75) is 19.4 Å². The summed E-state index contributed by atoms with van der Waals surface area (Å²) in [5.41, 5.74) is 0.958. The van der Waals surface area contributed by atoms with Gasteiger partial charge >= 0.3 is 0 Å². The van der Waals surface area contributed by atoms with E-state index >= 15 is 0 Å². The van der Waals surface area contributed by atoms with Gasteiger partial charge in [-0.2, -0.15) is 0 Å². The van der Waals surface area contributed by atoms with E-state index in [1.807, 2.05) is 30.1 Å². The molecule has 1 aromatic heterocycles. The zero-order chi connectivity index (χ0) is 13.2. The highest BCUT2D eigenvalue weighted by Gasteiger charge is 2.44. The van der Waals surface area contributed by atoms with Crippen LogP contribution < -0.4 is 5.32 Å². The van der Waals surface area contributed by atoms with Gasteiger partial charge in [-0.1, -0.05) is 6.07 Å². The highest BCUT2D eigenvalue weighted by atomic mass is 16.2. The smallest absolute Gasteiger partial charge is 0.226 e. The number of hydrogen-bond donors (Lipinski definition) is 1. The first kappa shape index (κ1) is 12.6. The van der Waals surface area contributed by atoms with Crippen molar-refractivity contribution in [3.8, 4) is 0 Å². The summed E-state index contributed by atoms with van der Waals surface area (Å²) in [6.07, 6.45) is 4.18. The lowest BCUT2D eigenvalue weighted by Crippen LogP contribution is -2.46. The molecule has 1 aliphatic carbocycles. The Labute approximate surface area is 114 Å². The topological polar surface area (TPSA) is 45.2 Å². The van der Waals surface area contributed by atoms with Crippen molar-refractivity contribution in [1.82, 2.24) is 15.2 Å². The maximum absolute atomic E-state index is 12.6. The molecule has 0 spiro atoms. The van der Waals surface area contributed by atoms with E-state index in [9.17, 15) is 4.79 Å². The molecule has 1 amide bonds. The quantitative estimate of drug-likeness (QED) is 0.889. The van der Waals surface area contributed by atoms with E-state index in [4.69, 9.17) is 0 Å². The number of nitrogens with zero attached hydrogens (tertiary/aromatic N) is 2. The van der Waals surface area contributed by atoms with Gasteiger partial charge in [-0.25, -0.2) is 0 Å². The Morgan fingerprint density at radius 3 is 2.74 bits per heavy atom. The Balaban J connectivity index is 1.67. The summed E-state index contributed by atoms with van der Waals surface area (Å²) in [4.78, 5) is 18.8. The normalized spacial score (nSPS) is 29.2. The molecule has 0 radical (unpaired) electrons.